The number of aliphatic hydroxyl groups excluding tert-OH is 2. The highest BCUT2D eigenvalue weighted by Gasteiger charge is 2.50. The summed E-state index contributed by atoms with van der Waals surface area (Å²) >= 11 is 0. The van der Waals surface area contributed by atoms with E-state index in [-0.39, 0.29) is 28.3 Å². The number of hydrogen-bond donors (Lipinski definition) is 4. The van der Waals surface area contributed by atoms with Gasteiger partial charge in [0.25, 0.3) is 5.91 Å². The first-order valence-corrected chi connectivity index (χ1v) is 12.9. The fourth-order valence-electron chi connectivity index (χ4n) is 4.75. The molecule has 4 atom stereocenters. The lowest BCUT2D eigenvalue weighted by Crippen LogP contribution is -2.63. The summed E-state index contributed by atoms with van der Waals surface area (Å²) in [6.07, 6.45) is -2.21. The van der Waals surface area contributed by atoms with Crippen molar-refractivity contribution < 1.29 is 38.7 Å². The van der Waals surface area contributed by atoms with Gasteiger partial charge in [-0.05, 0) is 83.0 Å². The molecule has 0 radical (unpaired) electrons. The van der Waals surface area contributed by atoms with Crippen LogP contribution in [0.1, 0.15) is 49.2 Å². The number of hydrogen-bond acceptors (Lipinski definition) is 9. The van der Waals surface area contributed by atoms with E-state index in [0.29, 0.717) is 22.9 Å². The highest BCUT2D eigenvalue weighted by Crippen LogP contribution is 2.35. The van der Waals surface area contributed by atoms with Gasteiger partial charge in [0.1, 0.15) is 41.1 Å². The lowest BCUT2D eigenvalue weighted by Gasteiger charge is -2.46. The first-order chi connectivity index (χ1) is 18.8. The van der Waals surface area contributed by atoms with Crippen LogP contribution >= 0.6 is 0 Å². The van der Waals surface area contributed by atoms with Crippen molar-refractivity contribution in [3.8, 4) is 11.5 Å². The van der Waals surface area contributed by atoms with Crippen LogP contribution in [-0.4, -0.2) is 58.5 Å². The van der Waals surface area contributed by atoms with Crippen molar-refractivity contribution >= 4 is 22.6 Å². The van der Waals surface area contributed by atoms with Gasteiger partial charge in [0.2, 0.25) is 6.29 Å². The zero-order chi connectivity index (χ0) is 29.4. The molecule has 1 aliphatic rings. The second kappa shape index (κ2) is 11.4. The lowest BCUT2D eigenvalue weighted by molar-refractivity contribution is -0.306. The van der Waals surface area contributed by atoms with Crippen LogP contribution in [0.4, 0.5) is 5.69 Å². The number of ether oxygens (including phenoxy) is 3. The fraction of sp³-hybridized carbons (Fsp3) is 0.400. The molecule has 10 heteroatoms. The normalized spacial score (nSPS) is 22.1. The summed E-state index contributed by atoms with van der Waals surface area (Å²) in [5.41, 5.74) is 0.872. The Morgan fingerprint density at radius 3 is 2.52 bits per heavy atom. The predicted octanol–water partition coefficient (Wildman–Crippen LogP) is 3.82. The summed E-state index contributed by atoms with van der Waals surface area (Å²) in [5, 5.41) is 34.3. The molecule has 1 aromatic heterocycles. The first-order valence-electron chi connectivity index (χ1n) is 12.9. The molecule has 10 nitrogen and oxygen atoms in total. The molecule has 0 aliphatic carbocycles. The number of aryl methyl sites for hydroxylation is 1. The van der Waals surface area contributed by atoms with Crippen LogP contribution in [0.5, 0.6) is 11.5 Å². The molecule has 0 bridgehead atoms. The number of aromatic hydroxyl groups is 1. The summed E-state index contributed by atoms with van der Waals surface area (Å²) in [7, 11) is 1.42. The number of carbonyl (C=O) groups excluding carboxylic acids is 1. The Morgan fingerprint density at radius 1 is 1.12 bits per heavy atom. The SMILES string of the molecule is CO[C@@H]1C(O)C(O)[C@H](Oc2ccc3cc(NC(=O)c4ccc(O)c(CC=C(C)C)c4)c(=O)oc3c2C)OC1(C)C. The third-order valence-corrected chi connectivity index (χ3v) is 6.96. The number of fused-ring (bicyclic) bond motifs is 1. The Morgan fingerprint density at radius 2 is 1.85 bits per heavy atom. The topological polar surface area (TPSA) is 148 Å². The third kappa shape index (κ3) is 5.90. The lowest BCUT2D eigenvalue weighted by atomic mass is 9.89. The van der Waals surface area contributed by atoms with Crippen molar-refractivity contribution in [2.45, 2.75) is 71.2 Å². The smallest absolute Gasteiger partial charge is 0.360 e. The Hall–Kier alpha value is -3.70. The van der Waals surface area contributed by atoms with E-state index in [2.05, 4.69) is 5.32 Å². The molecule has 1 amide bonds. The average molecular weight is 554 g/mol. The molecule has 0 spiro atoms. The van der Waals surface area contributed by atoms with Crippen molar-refractivity contribution in [2.75, 3.05) is 12.4 Å². The molecule has 1 fully saturated rings. The summed E-state index contributed by atoms with van der Waals surface area (Å²) in [6.45, 7) is 9.00. The van der Waals surface area contributed by atoms with Crippen LogP contribution < -0.4 is 15.7 Å². The largest absolute Gasteiger partial charge is 0.508 e. The number of allylic oxidation sites excluding steroid dienone is 2. The second-order valence-electron chi connectivity index (χ2n) is 10.7. The number of aliphatic hydroxyl groups is 2. The molecule has 3 aromatic rings. The molecule has 2 aromatic carbocycles. The van der Waals surface area contributed by atoms with E-state index in [1.165, 1.54) is 25.3 Å². The summed E-state index contributed by atoms with van der Waals surface area (Å²) in [6, 6.07) is 9.26. The number of rotatable bonds is 7. The Kier molecular flexibility index (Phi) is 8.36. The highest BCUT2D eigenvalue weighted by atomic mass is 16.7. The van der Waals surface area contributed by atoms with Crippen LogP contribution in [0.15, 0.2) is 57.3 Å². The first kappa shape index (κ1) is 29.3. The van der Waals surface area contributed by atoms with Gasteiger partial charge < -0.3 is 39.3 Å². The molecule has 4 N–H and O–H groups in total. The van der Waals surface area contributed by atoms with E-state index in [1.54, 1.807) is 39.0 Å². The maximum absolute atomic E-state index is 12.9. The molecule has 0 saturated carbocycles. The molecule has 214 valence electrons. The zero-order valence-electron chi connectivity index (χ0n) is 23.3. The predicted molar refractivity (Wildman–Crippen MR) is 149 cm³/mol. The third-order valence-electron chi connectivity index (χ3n) is 6.96. The van der Waals surface area contributed by atoms with E-state index < -0.39 is 41.7 Å². The van der Waals surface area contributed by atoms with Gasteiger partial charge in [-0.2, -0.15) is 0 Å². The summed E-state index contributed by atoms with van der Waals surface area (Å²) in [5.74, 6) is -0.167. The monoisotopic (exact) mass is 553 g/mol. The molecule has 2 unspecified atom stereocenters. The second-order valence-corrected chi connectivity index (χ2v) is 10.7. The minimum Gasteiger partial charge on any atom is -0.508 e. The zero-order valence-corrected chi connectivity index (χ0v) is 23.3. The van der Waals surface area contributed by atoms with E-state index in [0.717, 1.165) is 5.57 Å². The number of methoxy groups -OCH3 is 1. The molecule has 2 heterocycles. The van der Waals surface area contributed by atoms with Crippen LogP contribution in [0, 0.1) is 6.92 Å². The maximum atomic E-state index is 12.9. The maximum Gasteiger partial charge on any atom is 0.360 e. The summed E-state index contributed by atoms with van der Waals surface area (Å²) in [4.78, 5) is 25.7. The summed E-state index contributed by atoms with van der Waals surface area (Å²) < 4.78 is 22.6. The number of nitrogens with one attached hydrogen (secondary N) is 1. The van der Waals surface area contributed by atoms with E-state index in [1.807, 2.05) is 19.9 Å². The Bertz CT molecular complexity index is 1500. The van der Waals surface area contributed by atoms with Crippen LogP contribution in [0.25, 0.3) is 11.0 Å². The standard InChI is InChI=1S/C30H35NO9/c1-15(2)7-8-17-13-19(9-11-21(17)32)27(35)31-20-14-18-10-12-22(16(3)25(18)39-28(20)36)38-29-24(34)23(33)26(37-6)30(4,5)40-29/h7,9-14,23-24,26,29,32-34H,8H2,1-6H3,(H,31,35)/t23?,24?,26-,29-/m1/s1. The fourth-order valence-corrected chi connectivity index (χ4v) is 4.75. The molecular formula is C30H35NO9. The number of amides is 1. The molecule has 1 aliphatic heterocycles. The quantitative estimate of drug-likeness (QED) is 0.253. The minimum absolute atomic E-state index is 0.0500. The average Bonchev–Trinajstić information content (AvgIpc) is 2.89. The van der Waals surface area contributed by atoms with Crippen molar-refractivity contribution in [2.24, 2.45) is 0 Å². The van der Waals surface area contributed by atoms with Crippen LogP contribution in [0.3, 0.4) is 0 Å². The number of benzene rings is 2. The Balaban J connectivity index is 1.57. The molecule has 1 saturated heterocycles. The van der Waals surface area contributed by atoms with Gasteiger partial charge in [-0.3, -0.25) is 4.79 Å². The van der Waals surface area contributed by atoms with E-state index in [9.17, 15) is 24.9 Å². The van der Waals surface area contributed by atoms with Crippen molar-refractivity contribution in [3.05, 3.63) is 75.2 Å². The molecule has 4 rings (SSSR count). The van der Waals surface area contributed by atoms with Crippen LogP contribution in [-0.2, 0) is 15.9 Å². The van der Waals surface area contributed by atoms with Crippen molar-refractivity contribution in [1.29, 1.82) is 0 Å². The van der Waals surface area contributed by atoms with Gasteiger partial charge in [-0.1, -0.05) is 11.6 Å². The van der Waals surface area contributed by atoms with Crippen molar-refractivity contribution in [1.82, 2.24) is 0 Å². The van der Waals surface area contributed by atoms with Gasteiger partial charge in [0.05, 0.1) is 5.60 Å². The number of phenolic OH excluding ortho intramolecular Hbond substituents is 1. The van der Waals surface area contributed by atoms with Gasteiger partial charge in [0.15, 0.2) is 0 Å². The van der Waals surface area contributed by atoms with E-state index in [4.69, 9.17) is 18.6 Å². The van der Waals surface area contributed by atoms with E-state index >= 15 is 0 Å². The van der Waals surface area contributed by atoms with Gasteiger partial charge >= 0.3 is 5.63 Å². The van der Waals surface area contributed by atoms with Crippen molar-refractivity contribution in [3.63, 3.8) is 0 Å². The van der Waals surface area contributed by atoms with Gasteiger partial charge in [0, 0.05) is 23.6 Å². The van der Waals surface area contributed by atoms with Crippen LogP contribution in [0.2, 0.25) is 0 Å². The minimum atomic E-state index is -1.39. The number of carbonyl (C=O) groups is 1. The molecule has 40 heavy (non-hydrogen) atoms. The highest BCUT2D eigenvalue weighted by molar-refractivity contribution is 6.05. The van der Waals surface area contributed by atoms with Gasteiger partial charge in [-0.25, -0.2) is 4.79 Å². The molecular weight excluding hydrogens is 518 g/mol. The number of anilines is 1. The number of phenols is 1. The van der Waals surface area contributed by atoms with Gasteiger partial charge in [-0.15, -0.1) is 0 Å². The Labute approximate surface area is 231 Å².